The van der Waals surface area contributed by atoms with Crippen molar-refractivity contribution >= 4 is 44.1 Å². The summed E-state index contributed by atoms with van der Waals surface area (Å²) in [4.78, 5) is 8.47. The van der Waals surface area contributed by atoms with Gasteiger partial charge in [-0.3, -0.25) is 9.97 Å². The van der Waals surface area contributed by atoms with Gasteiger partial charge >= 0.3 is 0 Å². The molecular formula is C15H11BrClN3. The molecule has 2 aromatic heterocycles. The van der Waals surface area contributed by atoms with Crippen LogP contribution in [-0.4, -0.2) is 9.97 Å². The Bertz CT molecular complexity index is 761. The molecule has 3 rings (SSSR count). The molecule has 0 aliphatic carbocycles. The lowest BCUT2D eigenvalue weighted by Crippen LogP contribution is -2.00. The Morgan fingerprint density at radius 2 is 2.10 bits per heavy atom. The number of nitrogens with zero attached hydrogens (tertiary/aromatic N) is 2. The molecule has 0 aliphatic heterocycles. The van der Waals surface area contributed by atoms with Crippen molar-refractivity contribution in [3.63, 3.8) is 0 Å². The number of fused-ring (bicyclic) bond motifs is 1. The van der Waals surface area contributed by atoms with Gasteiger partial charge in [-0.25, -0.2) is 0 Å². The van der Waals surface area contributed by atoms with Crippen molar-refractivity contribution in [3.05, 3.63) is 64.0 Å². The summed E-state index contributed by atoms with van der Waals surface area (Å²) in [5.41, 5.74) is 2.93. The van der Waals surface area contributed by atoms with Crippen molar-refractivity contribution in [2.45, 2.75) is 6.54 Å². The molecule has 3 aromatic rings. The van der Waals surface area contributed by atoms with E-state index in [2.05, 4.69) is 31.2 Å². The lowest BCUT2D eigenvalue weighted by Gasteiger charge is -2.10. The van der Waals surface area contributed by atoms with Gasteiger partial charge in [0.15, 0.2) is 0 Å². The quantitative estimate of drug-likeness (QED) is 0.748. The minimum atomic E-state index is 0.662. The number of aromatic nitrogens is 2. The van der Waals surface area contributed by atoms with E-state index in [0.29, 0.717) is 11.6 Å². The van der Waals surface area contributed by atoms with Crippen LogP contribution in [-0.2, 0) is 6.54 Å². The van der Waals surface area contributed by atoms with E-state index in [4.69, 9.17) is 11.6 Å². The summed E-state index contributed by atoms with van der Waals surface area (Å²) in [5.74, 6) is 0. The summed E-state index contributed by atoms with van der Waals surface area (Å²) in [5, 5.41) is 5.08. The number of hydrogen-bond acceptors (Lipinski definition) is 3. The van der Waals surface area contributed by atoms with E-state index in [1.54, 1.807) is 12.4 Å². The predicted molar refractivity (Wildman–Crippen MR) is 86.0 cm³/mol. The van der Waals surface area contributed by atoms with E-state index in [0.717, 1.165) is 26.6 Å². The van der Waals surface area contributed by atoms with Crippen LogP contribution in [0.4, 0.5) is 5.69 Å². The summed E-state index contributed by atoms with van der Waals surface area (Å²) in [6, 6.07) is 9.78. The average Bonchev–Trinajstić information content (AvgIpc) is 2.47. The number of hydrogen-bond donors (Lipinski definition) is 1. The van der Waals surface area contributed by atoms with Crippen LogP contribution in [0.25, 0.3) is 10.9 Å². The molecule has 0 saturated carbocycles. The van der Waals surface area contributed by atoms with Crippen LogP contribution >= 0.6 is 27.5 Å². The van der Waals surface area contributed by atoms with Gasteiger partial charge in [-0.2, -0.15) is 0 Å². The Morgan fingerprint density at radius 1 is 1.20 bits per heavy atom. The van der Waals surface area contributed by atoms with E-state index in [1.165, 1.54) is 0 Å². The van der Waals surface area contributed by atoms with Crippen LogP contribution in [0.3, 0.4) is 0 Å². The third kappa shape index (κ3) is 2.76. The average molecular weight is 349 g/mol. The van der Waals surface area contributed by atoms with Crippen molar-refractivity contribution in [2.24, 2.45) is 0 Å². The molecule has 20 heavy (non-hydrogen) atoms. The lowest BCUT2D eigenvalue weighted by atomic mass is 10.1. The Labute approximate surface area is 130 Å². The Hall–Kier alpha value is -1.65. The smallest absolute Gasteiger partial charge is 0.0908 e. The number of pyridine rings is 2. The number of benzene rings is 1. The monoisotopic (exact) mass is 347 g/mol. The van der Waals surface area contributed by atoms with Crippen molar-refractivity contribution in [1.82, 2.24) is 9.97 Å². The normalized spacial score (nSPS) is 10.7. The van der Waals surface area contributed by atoms with Crippen LogP contribution in [0.5, 0.6) is 0 Å². The molecule has 5 heteroatoms. The fourth-order valence-corrected chi connectivity index (χ4v) is 2.67. The molecule has 0 atom stereocenters. The minimum absolute atomic E-state index is 0.662. The van der Waals surface area contributed by atoms with Gasteiger partial charge in [-0.1, -0.05) is 11.6 Å². The van der Waals surface area contributed by atoms with Gasteiger partial charge in [0.2, 0.25) is 0 Å². The maximum Gasteiger partial charge on any atom is 0.0908 e. The SMILES string of the molecule is Clc1ccc(NCc2cncc(Br)c2)c2cccnc12. The Balaban J connectivity index is 1.90. The molecule has 0 amide bonds. The molecule has 0 radical (unpaired) electrons. The zero-order valence-corrected chi connectivity index (χ0v) is 12.8. The Kier molecular flexibility index (Phi) is 3.85. The first-order valence-electron chi connectivity index (χ1n) is 6.10. The van der Waals surface area contributed by atoms with Gasteiger partial charge in [-0.15, -0.1) is 0 Å². The van der Waals surface area contributed by atoms with Crippen LogP contribution in [0.15, 0.2) is 53.4 Å². The van der Waals surface area contributed by atoms with Gasteiger partial charge in [0.25, 0.3) is 0 Å². The highest BCUT2D eigenvalue weighted by molar-refractivity contribution is 9.10. The molecule has 0 bridgehead atoms. The minimum Gasteiger partial charge on any atom is -0.380 e. The van der Waals surface area contributed by atoms with Crippen molar-refractivity contribution in [2.75, 3.05) is 5.32 Å². The first-order valence-corrected chi connectivity index (χ1v) is 7.27. The summed E-state index contributed by atoms with van der Waals surface area (Å²) < 4.78 is 0.972. The fourth-order valence-electron chi connectivity index (χ4n) is 2.04. The van der Waals surface area contributed by atoms with Gasteiger partial charge in [0.05, 0.1) is 10.5 Å². The van der Waals surface area contributed by atoms with Crippen LogP contribution < -0.4 is 5.32 Å². The van der Waals surface area contributed by atoms with Crippen molar-refractivity contribution in [3.8, 4) is 0 Å². The van der Waals surface area contributed by atoms with E-state index >= 15 is 0 Å². The molecule has 0 saturated heterocycles. The highest BCUT2D eigenvalue weighted by atomic mass is 79.9. The Morgan fingerprint density at radius 3 is 2.95 bits per heavy atom. The molecule has 100 valence electrons. The van der Waals surface area contributed by atoms with Gasteiger partial charge < -0.3 is 5.32 Å². The maximum atomic E-state index is 6.16. The second-order valence-corrected chi connectivity index (χ2v) is 5.68. The molecule has 2 heterocycles. The van der Waals surface area contributed by atoms with E-state index in [9.17, 15) is 0 Å². The van der Waals surface area contributed by atoms with Crippen LogP contribution in [0.2, 0.25) is 5.02 Å². The molecular weight excluding hydrogens is 338 g/mol. The second-order valence-electron chi connectivity index (χ2n) is 4.36. The molecule has 3 nitrogen and oxygen atoms in total. The lowest BCUT2D eigenvalue weighted by molar-refractivity contribution is 1.11. The molecule has 0 unspecified atom stereocenters. The molecule has 0 spiro atoms. The summed E-state index contributed by atoms with van der Waals surface area (Å²) >= 11 is 9.58. The number of nitrogens with one attached hydrogen (secondary N) is 1. The van der Waals surface area contributed by atoms with Crippen molar-refractivity contribution in [1.29, 1.82) is 0 Å². The van der Waals surface area contributed by atoms with Crippen LogP contribution in [0, 0.1) is 0 Å². The summed E-state index contributed by atoms with van der Waals surface area (Å²) in [6.45, 7) is 0.693. The third-order valence-corrected chi connectivity index (χ3v) is 3.70. The number of anilines is 1. The van der Waals surface area contributed by atoms with E-state index in [1.807, 2.05) is 36.5 Å². The van der Waals surface area contributed by atoms with Gasteiger partial charge in [0, 0.05) is 40.7 Å². The van der Waals surface area contributed by atoms with E-state index in [-0.39, 0.29) is 0 Å². The highest BCUT2D eigenvalue weighted by Crippen LogP contribution is 2.28. The maximum absolute atomic E-state index is 6.16. The largest absolute Gasteiger partial charge is 0.380 e. The molecule has 0 fully saturated rings. The number of halogens is 2. The summed E-state index contributed by atoms with van der Waals surface area (Å²) in [7, 11) is 0. The highest BCUT2D eigenvalue weighted by Gasteiger charge is 2.05. The summed E-state index contributed by atoms with van der Waals surface area (Å²) in [6.07, 6.45) is 5.36. The van der Waals surface area contributed by atoms with Crippen molar-refractivity contribution < 1.29 is 0 Å². The van der Waals surface area contributed by atoms with Crippen LogP contribution in [0.1, 0.15) is 5.56 Å². The third-order valence-electron chi connectivity index (χ3n) is 2.96. The van der Waals surface area contributed by atoms with Gasteiger partial charge in [0.1, 0.15) is 0 Å². The number of rotatable bonds is 3. The van der Waals surface area contributed by atoms with E-state index < -0.39 is 0 Å². The topological polar surface area (TPSA) is 37.8 Å². The first-order chi connectivity index (χ1) is 9.74. The molecule has 1 N–H and O–H groups in total. The fraction of sp³-hybridized carbons (Fsp3) is 0.0667. The predicted octanol–water partition coefficient (Wildman–Crippen LogP) is 4.66. The molecule has 0 aliphatic rings. The molecule has 1 aromatic carbocycles. The second kappa shape index (κ2) is 5.77. The standard InChI is InChI=1S/C15H11BrClN3/c16-11-6-10(7-18-9-11)8-20-14-4-3-13(17)15-12(14)2-1-5-19-15/h1-7,9,20H,8H2. The zero-order chi connectivity index (χ0) is 13.9. The first kappa shape index (κ1) is 13.3. The van der Waals surface area contributed by atoms with Gasteiger partial charge in [-0.05, 0) is 51.8 Å². The zero-order valence-electron chi connectivity index (χ0n) is 10.5.